The van der Waals surface area contributed by atoms with Crippen LogP contribution in [0.15, 0.2) is 24.3 Å². The lowest BCUT2D eigenvalue weighted by Gasteiger charge is -2.18. The molecule has 0 aliphatic rings. The molecule has 4 nitrogen and oxygen atoms in total. The van der Waals surface area contributed by atoms with Crippen molar-refractivity contribution in [2.75, 3.05) is 19.3 Å². The van der Waals surface area contributed by atoms with Crippen LogP contribution in [0.4, 0.5) is 0 Å². The quantitative estimate of drug-likeness (QED) is 0.835. The fraction of sp³-hybridized carbons (Fsp3) is 0.467. The van der Waals surface area contributed by atoms with Gasteiger partial charge in [0.1, 0.15) is 0 Å². The third-order valence-electron chi connectivity index (χ3n) is 2.71. The molecule has 0 fully saturated rings. The van der Waals surface area contributed by atoms with Crippen molar-refractivity contribution >= 4 is 10.0 Å². The molecule has 0 aromatic heterocycles. The van der Waals surface area contributed by atoms with Crippen molar-refractivity contribution in [1.29, 1.82) is 0 Å². The van der Waals surface area contributed by atoms with Gasteiger partial charge in [0.15, 0.2) is 0 Å². The summed E-state index contributed by atoms with van der Waals surface area (Å²) >= 11 is 0. The molecule has 0 amide bonds. The molecule has 1 aromatic carbocycles. The van der Waals surface area contributed by atoms with Crippen molar-refractivity contribution < 1.29 is 8.42 Å². The van der Waals surface area contributed by atoms with E-state index in [2.05, 4.69) is 11.8 Å². The van der Waals surface area contributed by atoms with Crippen molar-refractivity contribution in [3.8, 4) is 11.8 Å². The van der Waals surface area contributed by atoms with Crippen LogP contribution in [0.5, 0.6) is 0 Å². The Bertz CT molecular complexity index is 581. The molecule has 20 heavy (non-hydrogen) atoms. The van der Waals surface area contributed by atoms with Gasteiger partial charge in [-0.3, -0.25) is 0 Å². The van der Waals surface area contributed by atoms with Gasteiger partial charge in [0, 0.05) is 19.2 Å². The molecule has 2 N–H and O–H groups in total. The SMILES string of the molecule is CC(C)CS(=O)(=O)N(C)Cc1ccc(C#CCN)cc1. The largest absolute Gasteiger partial charge is 0.320 e. The number of nitrogens with zero attached hydrogens (tertiary/aromatic N) is 1. The predicted molar refractivity (Wildman–Crippen MR) is 82.5 cm³/mol. The second-order valence-corrected chi connectivity index (χ2v) is 7.25. The first-order valence-corrected chi connectivity index (χ1v) is 8.18. The van der Waals surface area contributed by atoms with E-state index in [-0.39, 0.29) is 11.7 Å². The summed E-state index contributed by atoms with van der Waals surface area (Å²) in [6.45, 7) is 4.50. The summed E-state index contributed by atoms with van der Waals surface area (Å²) in [6.07, 6.45) is 0. The molecule has 110 valence electrons. The zero-order valence-electron chi connectivity index (χ0n) is 12.3. The molecule has 1 aromatic rings. The Kier molecular flexibility index (Phi) is 6.21. The van der Waals surface area contributed by atoms with Gasteiger partial charge in [0.25, 0.3) is 0 Å². The lowest BCUT2D eigenvalue weighted by atomic mass is 10.1. The number of rotatable bonds is 5. The van der Waals surface area contributed by atoms with Crippen molar-refractivity contribution in [3.63, 3.8) is 0 Å². The number of nitrogens with two attached hydrogens (primary N) is 1. The van der Waals surface area contributed by atoms with Crippen molar-refractivity contribution in [2.24, 2.45) is 11.7 Å². The Balaban J connectivity index is 2.74. The average Bonchev–Trinajstić information content (AvgIpc) is 2.36. The van der Waals surface area contributed by atoms with E-state index in [1.165, 1.54) is 4.31 Å². The second-order valence-electron chi connectivity index (χ2n) is 5.13. The zero-order valence-corrected chi connectivity index (χ0v) is 13.1. The molecule has 0 saturated carbocycles. The normalized spacial score (nSPS) is 11.5. The molecule has 0 heterocycles. The summed E-state index contributed by atoms with van der Waals surface area (Å²) in [5.74, 6) is 6.01. The third kappa shape index (κ3) is 5.33. The summed E-state index contributed by atoms with van der Waals surface area (Å²) in [4.78, 5) is 0. The third-order valence-corrected chi connectivity index (χ3v) is 4.88. The zero-order chi connectivity index (χ0) is 15.2. The lowest BCUT2D eigenvalue weighted by molar-refractivity contribution is 0.460. The van der Waals surface area contributed by atoms with Crippen LogP contribution in [0.2, 0.25) is 0 Å². The second kappa shape index (κ2) is 7.44. The lowest BCUT2D eigenvalue weighted by Crippen LogP contribution is -2.30. The molecule has 0 aliphatic carbocycles. The van der Waals surface area contributed by atoms with Gasteiger partial charge in [-0.05, 0) is 23.6 Å². The maximum absolute atomic E-state index is 12.0. The Labute approximate surface area is 122 Å². The van der Waals surface area contributed by atoms with E-state index < -0.39 is 10.0 Å². The average molecular weight is 294 g/mol. The van der Waals surface area contributed by atoms with Gasteiger partial charge in [0.05, 0.1) is 12.3 Å². The summed E-state index contributed by atoms with van der Waals surface area (Å²) < 4.78 is 25.5. The van der Waals surface area contributed by atoms with Gasteiger partial charge in [-0.25, -0.2) is 12.7 Å². The fourth-order valence-corrected chi connectivity index (χ4v) is 3.19. The van der Waals surface area contributed by atoms with E-state index in [0.717, 1.165) is 11.1 Å². The Morgan fingerprint density at radius 2 is 1.85 bits per heavy atom. The van der Waals surface area contributed by atoms with E-state index in [0.29, 0.717) is 13.1 Å². The molecule has 0 atom stereocenters. The van der Waals surface area contributed by atoms with Gasteiger partial charge in [-0.15, -0.1) is 0 Å². The minimum absolute atomic E-state index is 0.122. The summed E-state index contributed by atoms with van der Waals surface area (Å²) in [7, 11) is -1.58. The topological polar surface area (TPSA) is 63.4 Å². The maximum Gasteiger partial charge on any atom is 0.214 e. The monoisotopic (exact) mass is 294 g/mol. The summed E-state index contributed by atoms with van der Waals surface area (Å²) in [5.41, 5.74) is 7.14. The van der Waals surface area contributed by atoms with E-state index in [1.807, 2.05) is 38.1 Å². The smallest absolute Gasteiger partial charge is 0.214 e. The van der Waals surface area contributed by atoms with E-state index >= 15 is 0 Å². The van der Waals surface area contributed by atoms with Crippen LogP contribution >= 0.6 is 0 Å². The van der Waals surface area contributed by atoms with E-state index in [4.69, 9.17) is 5.73 Å². The highest BCUT2D eigenvalue weighted by Crippen LogP contribution is 2.11. The molecule has 0 radical (unpaired) electrons. The van der Waals surface area contributed by atoms with Crippen LogP contribution in [0, 0.1) is 17.8 Å². The van der Waals surface area contributed by atoms with Gasteiger partial charge < -0.3 is 5.73 Å². The Morgan fingerprint density at radius 1 is 1.25 bits per heavy atom. The predicted octanol–water partition coefficient (Wildman–Crippen LogP) is 1.41. The van der Waals surface area contributed by atoms with Crippen LogP contribution in [-0.2, 0) is 16.6 Å². The van der Waals surface area contributed by atoms with Crippen LogP contribution in [0.3, 0.4) is 0 Å². The van der Waals surface area contributed by atoms with Gasteiger partial charge in [0.2, 0.25) is 10.0 Å². The van der Waals surface area contributed by atoms with Gasteiger partial charge in [-0.2, -0.15) is 0 Å². The van der Waals surface area contributed by atoms with Crippen LogP contribution in [0.25, 0.3) is 0 Å². The van der Waals surface area contributed by atoms with Crippen molar-refractivity contribution in [2.45, 2.75) is 20.4 Å². The number of benzene rings is 1. The highest BCUT2D eigenvalue weighted by molar-refractivity contribution is 7.89. The molecule has 1 rings (SSSR count). The minimum Gasteiger partial charge on any atom is -0.320 e. The number of hydrogen-bond donors (Lipinski definition) is 1. The molecule has 5 heteroatoms. The minimum atomic E-state index is -3.19. The van der Waals surface area contributed by atoms with Crippen LogP contribution in [0.1, 0.15) is 25.0 Å². The highest BCUT2D eigenvalue weighted by atomic mass is 32.2. The first-order chi connectivity index (χ1) is 9.35. The van der Waals surface area contributed by atoms with Crippen molar-refractivity contribution in [1.82, 2.24) is 4.31 Å². The summed E-state index contributed by atoms with van der Waals surface area (Å²) in [6, 6.07) is 7.53. The van der Waals surface area contributed by atoms with E-state index in [1.54, 1.807) is 7.05 Å². The van der Waals surface area contributed by atoms with E-state index in [9.17, 15) is 8.42 Å². The maximum atomic E-state index is 12.0. The fourth-order valence-electron chi connectivity index (χ4n) is 1.75. The first-order valence-electron chi connectivity index (χ1n) is 6.57. The first kappa shape index (κ1) is 16.7. The van der Waals surface area contributed by atoms with Crippen molar-refractivity contribution in [3.05, 3.63) is 35.4 Å². The molecule has 0 aliphatic heterocycles. The molecular formula is C15H22N2O2S. The highest BCUT2D eigenvalue weighted by Gasteiger charge is 2.19. The molecular weight excluding hydrogens is 272 g/mol. The molecule has 0 unspecified atom stereocenters. The van der Waals surface area contributed by atoms with Crippen LogP contribution in [-0.4, -0.2) is 32.1 Å². The van der Waals surface area contributed by atoms with Gasteiger partial charge in [-0.1, -0.05) is 37.8 Å². The van der Waals surface area contributed by atoms with Gasteiger partial charge >= 0.3 is 0 Å². The number of hydrogen-bond acceptors (Lipinski definition) is 3. The van der Waals surface area contributed by atoms with Crippen LogP contribution < -0.4 is 5.73 Å². The Hall–Kier alpha value is -1.35. The molecule has 0 bridgehead atoms. The Morgan fingerprint density at radius 3 is 2.35 bits per heavy atom. The molecule has 0 spiro atoms. The number of sulfonamides is 1. The summed E-state index contributed by atoms with van der Waals surface area (Å²) in [5, 5.41) is 0. The standard InChI is InChI=1S/C15H22N2O2S/c1-13(2)12-20(18,19)17(3)11-15-8-6-14(7-9-15)5-4-10-16/h6-9,13H,10-12,16H2,1-3H3. The molecule has 0 saturated heterocycles.